The van der Waals surface area contributed by atoms with E-state index in [0.717, 1.165) is 22.6 Å². The molecule has 0 aliphatic carbocycles. The van der Waals surface area contributed by atoms with Crippen LogP contribution in [0.25, 0.3) is 11.1 Å². The molecule has 0 amide bonds. The van der Waals surface area contributed by atoms with Gasteiger partial charge in [0.1, 0.15) is 0 Å². The van der Waals surface area contributed by atoms with Gasteiger partial charge in [-0.25, -0.2) is 8.42 Å². The van der Waals surface area contributed by atoms with Gasteiger partial charge in [-0.05, 0) is 12.1 Å². The first kappa shape index (κ1) is 30.8. The van der Waals surface area contributed by atoms with E-state index in [9.17, 15) is 16.8 Å². The van der Waals surface area contributed by atoms with Gasteiger partial charge in [0, 0.05) is 0 Å². The molecule has 7 aromatic rings. The maximum absolute atomic E-state index is 13.7. The molecule has 0 atom stereocenters. The van der Waals surface area contributed by atoms with E-state index in [1.807, 2.05) is 24.3 Å². The van der Waals surface area contributed by atoms with Crippen LogP contribution in [-0.4, -0.2) is 30.1 Å². The summed E-state index contributed by atoms with van der Waals surface area (Å²) in [6, 6.07) is 57.8. The van der Waals surface area contributed by atoms with Crippen molar-refractivity contribution in [1.82, 2.24) is 0 Å². The van der Waals surface area contributed by atoms with E-state index in [1.54, 1.807) is 12.1 Å². The number of nitrogens with zero attached hydrogens (tertiary/aromatic N) is 1. The Morgan fingerprint density at radius 3 is 1.34 bits per heavy atom. The first-order chi connectivity index (χ1) is 24.3. The molecule has 0 aromatic heterocycles. The first-order valence-electron chi connectivity index (χ1n) is 16.3. The van der Waals surface area contributed by atoms with Gasteiger partial charge in [-0.1, -0.05) is 12.1 Å². The number of benzene rings is 7. The van der Waals surface area contributed by atoms with Crippen molar-refractivity contribution in [3.63, 3.8) is 0 Å². The van der Waals surface area contributed by atoms with Crippen molar-refractivity contribution in [2.45, 2.75) is 19.6 Å². The second-order valence-electron chi connectivity index (χ2n) is 12.5. The number of hydrogen-bond donors (Lipinski definition) is 0. The van der Waals surface area contributed by atoms with Crippen LogP contribution in [0.2, 0.25) is 0 Å². The standard InChI is InChI=1S/C42H29GeNO4S2/c45-49(46)39-21-11-12-22-40(39)50(47,48)42-29-31(25-28-41(42)49)30-23-26-34(27-24-30)44-37-19-9-7-17-35(37)43(32-13-3-1-4-14-32,33-15-5-2-6-16-33)36-18-8-10-20-38(36)44/h1-29H. The molecule has 0 saturated carbocycles. The molecule has 0 saturated heterocycles. The summed E-state index contributed by atoms with van der Waals surface area (Å²) in [5.41, 5.74) is 4.64. The summed E-state index contributed by atoms with van der Waals surface area (Å²) in [4.78, 5) is 1.57. The van der Waals surface area contributed by atoms with Crippen molar-refractivity contribution < 1.29 is 16.8 Å². The summed E-state index contributed by atoms with van der Waals surface area (Å²) in [5.74, 6) is 0. The Balaban J connectivity index is 1.19. The van der Waals surface area contributed by atoms with E-state index in [0.29, 0.717) is 5.56 Å². The summed E-state index contributed by atoms with van der Waals surface area (Å²) in [6.07, 6.45) is 0. The third-order valence-corrected chi connectivity index (χ3v) is 24.1. The second kappa shape index (κ2) is 11.4. The van der Waals surface area contributed by atoms with E-state index < -0.39 is 32.9 Å². The second-order valence-corrected chi connectivity index (χ2v) is 24.1. The van der Waals surface area contributed by atoms with Crippen LogP contribution < -0.4 is 22.5 Å². The minimum atomic E-state index is -4.03. The van der Waals surface area contributed by atoms with Gasteiger partial charge in [-0.2, -0.15) is 0 Å². The van der Waals surface area contributed by atoms with Crippen LogP contribution in [0, 0.1) is 0 Å². The van der Waals surface area contributed by atoms with Crippen molar-refractivity contribution in [3.8, 4) is 11.1 Å². The van der Waals surface area contributed by atoms with E-state index >= 15 is 0 Å². The van der Waals surface area contributed by atoms with Crippen molar-refractivity contribution >= 4 is 67.6 Å². The quantitative estimate of drug-likeness (QED) is 0.193. The predicted octanol–water partition coefficient (Wildman–Crippen LogP) is 6.49. The zero-order chi connectivity index (χ0) is 34.1. The zero-order valence-electron chi connectivity index (χ0n) is 26.6. The summed E-state index contributed by atoms with van der Waals surface area (Å²) in [7, 11) is -8.01. The third kappa shape index (κ3) is 4.37. The molecule has 50 heavy (non-hydrogen) atoms. The van der Waals surface area contributed by atoms with Crippen LogP contribution in [0.1, 0.15) is 0 Å². The monoisotopic (exact) mass is 749 g/mol. The van der Waals surface area contributed by atoms with Crippen LogP contribution >= 0.6 is 0 Å². The molecule has 8 heteroatoms. The third-order valence-electron chi connectivity index (χ3n) is 9.92. The SMILES string of the molecule is O=S1(=O)c2ccccc2S(=O)(=O)c2cc(-c3ccc(N4c5cccc[c]5[Ge]([c]5ccccc5)([c]5ccccc5)[c]5ccccc54)cc3)ccc21. The van der Waals surface area contributed by atoms with Gasteiger partial charge in [0.15, 0.2) is 0 Å². The van der Waals surface area contributed by atoms with E-state index in [1.165, 1.54) is 47.9 Å². The fourth-order valence-corrected chi connectivity index (χ4v) is 22.6. The van der Waals surface area contributed by atoms with Gasteiger partial charge >= 0.3 is 258 Å². The Hall–Kier alpha value is -5.22. The molecule has 5 nitrogen and oxygen atoms in total. The van der Waals surface area contributed by atoms with Crippen LogP contribution in [0.15, 0.2) is 196 Å². The van der Waals surface area contributed by atoms with E-state index in [-0.39, 0.29) is 19.6 Å². The van der Waals surface area contributed by atoms with Gasteiger partial charge in [0.05, 0.1) is 4.90 Å². The Kier molecular flexibility index (Phi) is 7.04. The normalized spacial score (nSPS) is 16.0. The molecule has 0 spiro atoms. The molecule has 242 valence electrons. The van der Waals surface area contributed by atoms with Crippen molar-refractivity contribution in [1.29, 1.82) is 0 Å². The minimum absolute atomic E-state index is 0.181. The Bertz CT molecular complexity index is 2590. The molecular weight excluding hydrogens is 719 g/mol. The predicted molar refractivity (Wildman–Crippen MR) is 201 cm³/mol. The summed E-state index contributed by atoms with van der Waals surface area (Å²) in [6.45, 7) is 0. The Morgan fingerprint density at radius 2 is 0.800 bits per heavy atom. The molecule has 7 aromatic carbocycles. The summed E-state index contributed by atoms with van der Waals surface area (Å²) in [5, 5.41) is 0. The molecular formula is C42H29GeNO4S2. The van der Waals surface area contributed by atoms with Gasteiger partial charge < -0.3 is 0 Å². The molecule has 0 bridgehead atoms. The summed E-state index contributed by atoms with van der Waals surface area (Å²) < 4.78 is 59.5. The van der Waals surface area contributed by atoms with Gasteiger partial charge in [-0.15, -0.1) is 0 Å². The molecule has 2 aliphatic rings. The fourth-order valence-electron chi connectivity index (χ4n) is 7.74. The molecule has 9 rings (SSSR count). The molecule has 0 radical (unpaired) electrons. The number of sulfone groups is 2. The van der Waals surface area contributed by atoms with Crippen molar-refractivity contribution in [2.24, 2.45) is 0 Å². The number of para-hydroxylation sites is 2. The van der Waals surface area contributed by atoms with E-state index in [4.69, 9.17) is 0 Å². The van der Waals surface area contributed by atoms with E-state index in [2.05, 4.69) is 114 Å². The number of hydrogen-bond acceptors (Lipinski definition) is 5. The Morgan fingerprint density at radius 1 is 0.380 bits per heavy atom. The van der Waals surface area contributed by atoms with Gasteiger partial charge in [0.25, 0.3) is 0 Å². The van der Waals surface area contributed by atoms with Gasteiger partial charge in [0.2, 0.25) is 0 Å². The number of rotatable bonds is 4. The van der Waals surface area contributed by atoms with Crippen LogP contribution in [-0.2, 0) is 19.7 Å². The van der Waals surface area contributed by atoms with Crippen LogP contribution in [0.5, 0.6) is 0 Å². The molecule has 2 aliphatic heterocycles. The van der Waals surface area contributed by atoms with Crippen LogP contribution in [0.3, 0.4) is 0 Å². The number of anilines is 3. The average molecular weight is 748 g/mol. The van der Waals surface area contributed by atoms with Crippen LogP contribution in [0.4, 0.5) is 17.1 Å². The molecule has 0 unspecified atom stereocenters. The van der Waals surface area contributed by atoms with Crippen molar-refractivity contribution in [3.05, 3.63) is 176 Å². The van der Waals surface area contributed by atoms with Crippen molar-refractivity contribution in [2.75, 3.05) is 4.90 Å². The first-order valence-corrected chi connectivity index (χ1v) is 23.4. The Labute approximate surface area is 294 Å². The molecule has 0 N–H and O–H groups in total. The topological polar surface area (TPSA) is 71.5 Å². The molecule has 2 heterocycles. The average Bonchev–Trinajstić information content (AvgIpc) is 3.17. The molecule has 0 fully saturated rings. The van der Waals surface area contributed by atoms with Gasteiger partial charge in [-0.3, -0.25) is 0 Å². The fraction of sp³-hybridized carbons (Fsp3) is 0. The summed E-state index contributed by atoms with van der Waals surface area (Å²) >= 11 is -3.48. The number of fused-ring (bicyclic) bond motifs is 4. The zero-order valence-corrected chi connectivity index (χ0v) is 30.4. The maximum atomic E-state index is 13.7.